The van der Waals surface area contributed by atoms with Crippen LogP contribution in [-0.4, -0.2) is 0 Å². The van der Waals surface area contributed by atoms with Gasteiger partial charge in [-0.1, -0.05) is 54.0 Å². The molecule has 0 nitrogen and oxygen atoms in total. The molecule has 0 heterocycles. The third-order valence-electron chi connectivity index (χ3n) is 3.50. The van der Waals surface area contributed by atoms with Crippen molar-refractivity contribution in [3.05, 3.63) is 60.0 Å². The summed E-state index contributed by atoms with van der Waals surface area (Å²) < 4.78 is 0. The summed E-state index contributed by atoms with van der Waals surface area (Å²) in [6.07, 6.45) is 7.98. The molecule has 15 radical (unpaired) electrons. The van der Waals surface area contributed by atoms with Gasteiger partial charge in [-0.15, -0.1) is 5.92 Å². The minimum atomic E-state index is 0. The standard InChI is InChI=1S/C15H15.15Y/c1-11-10-12-6-2-3-8-14(12)15-9-5-4-7-13(11)15;;;;;;;;;;;;;;;/h2-5,7,9,11H,1,6,8,10H2;;;;;;;;;;;;;;;/q-1;;;;;;;;;;;;;;;. The van der Waals surface area contributed by atoms with Crippen molar-refractivity contribution in [1.82, 2.24) is 0 Å². The number of hydrogen-bond donors (Lipinski definition) is 0. The maximum Gasteiger partial charge on any atom is 0 e. The van der Waals surface area contributed by atoms with Gasteiger partial charge in [-0.2, -0.15) is 0 Å². The maximum atomic E-state index is 4.27. The summed E-state index contributed by atoms with van der Waals surface area (Å²) >= 11 is 0. The van der Waals surface area contributed by atoms with Crippen LogP contribution in [0.4, 0.5) is 0 Å². The van der Waals surface area contributed by atoms with Gasteiger partial charge in [-0.3, -0.25) is 0 Å². The molecule has 0 N–H and O–H groups in total. The van der Waals surface area contributed by atoms with E-state index in [0.717, 1.165) is 19.3 Å². The van der Waals surface area contributed by atoms with Crippen molar-refractivity contribution in [2.45, 2.75) is 25.2 Å². The van der Waals surface area contributed by atoms with Crippen molar-refractivity contribution >= 4 is 5.57 Å². The summed E-state index contributed by atoms with van der Waals surface area (Å²) in [5.74, 6) is 0.450. The minimum absolute atomic E-state index is 0. The quantitative estimate of drug-likeness (QED) is 0.272. The van der Waals surface area contributed by atoms with Crippen LogP contribution >= 0.6 is 0 Å². The summed E-state index contributed by atoms with van der Waals surface area (Å²) in [5.41, 5.74) is 6.05. The summed E-state index contributed by atoms with van der Waals surface area (Å²) in [4.78, 5) is 0. The van der Waals surface area contributed by atoms with Gasteiger partial charge in [0.05, 0.1) is 0 Å². The van der Waals surface area contributed by atoms with Gasteiger partial charge in [0.2, 0.25) is 0 Å². The Bertz CT molecular complexity index is 479. The zero-order valence-corrected chi connectivity index (χ0v) is 60.1. The van der Waals surface area contributed by atoms with E-state index in [-0.39, 0.29) is 491 Å². The molecule has 0 fully saturated rings. The Morgan fingerprint density at radius 3 is 1.43 bits per heavy atom. The Labute approximate surface area is 562 Å². The molecule has 1 aromatic carbocycles. The van der Waals surface area contributed by atoms with Crippen molar-refractivity contribution in [2.75, 3.05) is 0 Å². The van der Waals surface area contributed by atoms with Gasteiger partial charge in [-0.25, -0.2) is 0 Å². The third kappa shape index (κ3) is 31.8. The largest absolute Gasteiger partial charge is 0.336 e. The van der Waals surface area contributed by atoms with E-state index in [2.05, 4.69) is 43.3 Å². The van der Waals surface area contributed by atoms with E-state index >= 15 is 0 Å². The molecule has 1 aromatic rings. The van der Waals surface area contributed by atoms with Gasteiger partial charge in [0.25, 0.3) is 0 Å². The molecule has 0 saturated heterocycles. The fourth-order valence-electron chi connectivity index (χ4n) is 2.74. The number of fused-ring (bicyclic) bond motifs is 2. The molecule has 0 bridgehead atoms. The summed E-state index contributed by atoms with van der Waals surface area (Å²) in [6.45, 7) is 4.27. The fourth-order valence-corrected chi connectivity index (χ4v) is 2.74. The van der Waals surface area contributed by atoms with Crippen LogP contribution < -0.4 is 0 Å². The molecule has 30 heavy (non-hydrogen) atoms. The smallest absolute Gasteiger partial charge is 0 e. The number of benzene rings is 1. The van der Waals surface area contributed by atoms with Crippen molar-refractivity contribution in [2.24, 2.45) is 0 Å². The van der Waals surface area contributed by atoms with Crippen molar-refractivity contribution < 1.29 is 491 Å². The predicted molar refractivity (Wildman–Crippen MR) is 64.5 cm³/mol. The second-order valence-corrected chi connectivity index (χ2v) is 4.45. The normalized spacial score (nSPS) is 11.8. The number of rotatable bonds is 0. The van der Waals surface area contributed by atoms with Crippen LogP contribution in [-0.2, 0) is 491 Å². The third-order valence-corrected chi connectivity index (χ3v) is 3.50. The second kappa shape index (κ2) is 53.7. The molecule has 0 aromatic heterocycles. The first-order valence-corrected chi connectivity index (χ1v) is 5.64. The fraction of sp³-hybridized carbons (Fsp3) is 0.267. The van der Waals surface area contributed by atoms with Gasteiger partial charge in [0, 0.05) is 491 Å². The SMILES string of the molecule is [CH2-]C1CC2=C(CC=CC2)c2ccccc21.[Y].[Y].[Y].[Y].[Y].[Y].[Y].[Y].[Y].[Y].[Y].[Y].[Y].[Y].[Y]. The number of hydrogen-bond acceptors (Lipinski definition) is 0. The molecular formula is C15H15Y15-. The number of allylic oxidation sites excluding steroid dienone is 4. The van der Waals surface area contributed by atoms with Crippen LogP contribution in [0.15, 0.2) is 42.0 Å². The van der Waals surface area contributed by atoms with Gasteiger partial charge < -0.3 is 6.92 Å². The molecule has 3 rings (SSSR count). The zero-order chi connectivity index (χ0) is 10.3. The molecule has 0 saturated carbocycles. The molecule has 1 unspecified atom stereocenters. The Balaban J connectivity index is -0.0000000175. The molecule has 121 valence electrons. The Hall–Kier alpha value is 15.3. The molecule has 2 aliphatic carbocycles. The Morgan fingerprint density at radius 1 is 0.567 bits per heavy atom. The average Bonchev–Trinajstić information content (AvgIpc) is 2.30. The van der Waals surface area contributed by atoms with Crippen LogP contribution in [0.3, 0.4) is 0 Å². The van der Waals surface area contributed by atoms with Gasteiger partial charge >= 0.3 is 0 Å². The molecule has 2 aliphatic rings. The van der Waals surface area contributed by atoms with Crippen LogP contribution in [0.2, 0.25) is 0 Å². The van der Waals surface area contributed by atoms with Gasteiger partial charge in [-0.05, 0) is 24.0 Å². The first-order valence-electron chi connectivity index (χ1n) is 5.64. The van der Waals surface area contributed by atoms with E-state index in [9.17, 15) is 0 Å². The van der Waals surface area contributed by atoms with E-state index in [1.165, 1.54) is 11.1 Å². The van der Waals surface area contributed by atoms with Crippen LogP contribution in [0.25, 0.3) is 5.57 Å². The molecule has 0 aliphatic heterocycles. The van der Waals surface area contributed by atoms with Crippen LogP contribution in [0, 0.1) is 6.92 Å². The van der Waals surface area contributed by atoms with Crippen LogP contribution in [0.1, 0.15) is 36.3 Å². The molecule has 0 spiro atoms. The van der Waals surface area contributed by atoms with Gasteiger partial charge in [0.15, 0.2) is 0 Å². The van der Waals surface area contributed by atoms with Crippen molar-refractivity contribution in [3.8, 4) is 0 Å². The first-order chi connectivity index (χ1) is 7.36. The molecule has 0 amide bonds. The van der Waals surface area contributed by atoms with Crippen molar-refractivity contribution in [3.63, 3.8) is 0 Å². The maximum absolute atomic E-state index is 4.27. The first kappa shape index (κ1) is 85.2. The Kier molecular flexibility index (Phi) is 153. The van der Waals surface area contributed by atoms with Gasteiger partial charge in [0.1, 0.15) is 0 Å². The van der Waals surface area contributed by atoms with E-state index < -0.39 is 0 Å². The van der Waals surface area contributed by atoms with Crippen molar-refractivity contribution in [1.29, 1.82) is 0 Å². The summed E-state index contributed by atoms with van der Waals surface area (Å²) in [5, 5.41) is 0. The summed E-state index contributed by atoms with van der Waals surface area (Å²) in [7, 11) is 0. The molecular weight excluding hydrogens is 1510 g/mol. The summed E-state index contributed by atoms with van der Waals surface area (Å²) in [6, 6.07) is 8.75. The monoisotopic (exact) mass is 1530 g/mol. The molecule has 1 atom stereocenters. The van der Waals surface area contributed by atoms with E-state index in [1.54, 1.807) is 11.1 Å². The zero-order valence-electron chi connectivity index (χ0n) is 17.5. The topological polar surface area (TPSA) is 0 Å². The minimum Gasteiger partial charge on any atom is -0.336 e. The van der Waals surface area contributed by atoms with Crippen LogP contribution in [0.5, 0.6) is 0 Å². The predicted octanol–water partition coefficient (Wildman–Crippen LogP) is 4.07. The Morgan fingerprint density at radius 2 is 0.967 bits per heavy atom. The average molecular weight is 1530 g/mol. The second-order valence-electron chi connectivity index (χ2n) is 4.45. The molecule has 15 heteroatoms. The van der Waals surface area contributed by atoms with E-state index in [0.29, 0.717) is 5.92 Å². The van der Waals surface area contributed by atoms with E-state index in [4.69, 9.17) is 0 Å². The van der Waals surface area contributed by atoms with E-state index in [1.807, 2.05) is 0 Å².